The molecule has 0 heterocycles. The summed E-state index contributed by atoms with van der Waals surface area (Å²) >= 11 is 0. The fraction of sp³-hybridized carbons (Fsp3) is 0.889. The minimum atomic E-state index is -1.95. The third-order valence-electron chi connectivity index (χ3n) is 1.88. The molecule has 0 spiro atoms. The van der Waals surface area contributed by atoms with Crippen LogP contribution in [0.25, 0.3) is 0 Å². The van der Waals surface area contributed by atoms with Gasteiger partial charge in [0.25, 0.3) is 0 Å². The van der Waals surface area contributed by atoms with Crippen molar-refractivity contribution in [3.63, 3.8) is 0 Å². The normalized spacial score (nSPS) is 33.8. The molecule has 13 heavy (non-hydrogen) atoms. The average molecular weight is 190 g/mol. The quantitative estimate of drug-likeness (QED) is 0.632. The molecule has 1 rings (SSSR count). The zero-order chi connectivity index (χ0) is 10.3. The monoisotopic (exact) mass is 190 g/mol. The summed E-state index contributed by atoms with van der Waals surface area (Å²) in [6.07, 6.45) is -0.971. The maximum atomic E-state index is 13.4. The zero-order valence-corrected chi connectivity index (χ0v) is 8.13. The Morgan fingerprint density at radius 3 is 2.31 bits per heavy atom. The van der Waals surface area contributed by atoms with E-state index in [4.69, 9.17) is 9.84 Å². The number of carbonyl (C=O) groups excluding carboxylic acids is 1. The van der Waals surface area contributed by atoms with E-state index in [1.54, 1.807) is 20.8 Å². The first-order chi connectivity index (χ1) is 5.73. The maximum Gasteiger partial charge on any atom is 0.344 e. The van der Waals surface area contributed by atoms with E-state index in [2.05, 4.69) is 0 Å². The lowest BCUT2D eigenvalue weighted by molar-refractivity contribution is -0.184. The molecule has 0 unspecified atom stereocenters. The number of esters is 1. The highest BCUT2D eigenvalue weighted by Gasteiger charge is 2.52. The molecule has 0 aromatic carbocycles. The van der Waals surface area contributed by atoms with Crippen LogP contribution in [-0.2, 0) is 9.53 Å². The second-order valence-electron chi connectivity index (χ2n) is 4.53. The summed E-state index contributed by atoms with van der Waals surface area (Å²) in [7, 11) is 0. The second-order valence-corrected chi connectivity index (χ2v) is 4.53. The molecule has 1 aliphatic carbocycles. The van der Waals surface area contributed by atoms with E-state index in [9.17, 15) is 9.18 Å². The molecule has 0 saturated heterocycles. The predicted molar refractivity (Wildman–Crippen MR) is 44.9 cm³/mol. The average Bonchev–Trinajstić information content (AvgIpc) is 1.80. The summed E-state index contributed by atoms with van der Waals surface area (Å²) in [6.45, 7) is 5.05. The molecule has 0 bridgehead atoms. The van der Waals surface area contributed by atoms with Gasteiger partial charge in [0.05, 0.1) is 6.10 Å². The first-order valence-electron chi connectivity index (χ1n) is 4.33. The van der Waals surface area contributed by atoms with Crippen LogP contribution in [0.1, 0.15) is 33.6 Å². The van der Waals surface area contributed by atoms with Crippen LogP contribution in [0, 0.1) is 0 Å². The lowest BCUT2D eigenvalue weighted by Gasteiger charge is -2.37. The molecule has 1 saturated carbocycles. The molecule has 1 N–H and O–H groups in total. The number of hydrogen-bond donors (Lipinski definition) is 1. The lowest BCUT2D eigenvalue weighted by Crippen LogP contribution is -2.52. The van der Waals surface area contributed by atoms with Crippen molar-refractivity contribution in [2.24, 2.45) is 0 Å². The molecule has 4 heteroatoms. The van der Waals surface area contributed by atoms with E-state index < -0.39 is 23.3 Å². The van der Waals surface area contributed by atoms with Crippen LogP contribution < -0.4 is 0 Å². The van der Waals surface area contributed by atoms with Gasteiger partial charge in [0.1, 0.15) is 5.60 Å². The van der Waals surface area contributed by atoms with Gasteiger partial charge in [-0.05, 0) is 20.8 Å². The Hall–Kier alpha value is -0.640. The highest BCUT2D eigenvalue weighted by atomic mass is 19.1. The van der Waals surface area contributed by atoms with Crippen LogP contribution in [0.15, 0.2) is 0 Å². The fourth-order valence-corrected chi connectivity index (χ4v) is 1.22. The zero-order valence-electron chi connectivity index (χ0n) is 8.13. The van der Waals surface area contributed by atoms with Gasteiger partial charge in [-0.2, -0.15) is 0 Å². The van der Waals surface area contributed by atoms with Gasteiger partial charge in [-0.15, -0.1) is 0 Å². The minimum Gasteiger partial charge on any atom is -0.458 e. The molecule has 0 aromatic heterocycles. The molecular weight excluding hydrogens is 175 g/mol. The van der Waals surface area contributed by atoms with Crippen molar-refractivity contribution in [1.29, 1.82) is 0 Å². The number of halogens is 1. The smallest absolute Gasteiger partial charge is 0.344 e. The Bertz CT molecular complexity index is 213. The van der Waals surface area contributed by atoms with Gasteiger partial charge >= 0.3 is 5.97 Å². The molecular formula is C9H15FO3. The van der Waals surface area contributed by atoms with Crippen LogP contribution in [0.2, 0.25) is 0 Å². The Balaban J connectivity index is 2.50. The molecule has 1 fully saturated rings. The summed E-state index contributed by atoms with van der Waals surface area (Å²) in [6, 6.07) is 0. The van der Waals surface area contributed by atoms with Crippen molar-refractivity contribution in [2.45, 2.75) is 51.0 Å². The third-order valence-corrected chi connectivity index (χ3v) is 1.88. The van der Waals surface area contributed by atoms with Crippen LogP contribution in [0.4, 0.5) is 4.39 Å². The van der Waals surface area contributed by atoms with E-state index in [-0.39, 0.29) is 12.8 Å². The van der Waals surface area contributed by atoms with E-state index in [0.717, 1.165) is 0 Å². The molecule has 0 aromatic rings. The van der Waals surface area contributed by atoms with Gasteiger partial charge < -0.3 is 9.84 Å². The van der Waals surface area contributed by atoms with Crippen LogP contribution in [0.3, 0.4) is 0 Å². The van der Waals surface area contributed by atoms with Crippen molar-refractivity contribution in [2.75, 3.05) is 0 Å². The number of rotatable bonds is 1. The number of ether oxygens (including phenoxy) is 1. The fourth-order valence-electron chi connectivity index (χ4n) is 1.22. The Morgan fingerprint density at radius 1 is 1.54 bits per heavy atom. The number of carbonyl (C=O) groups is 1. The van der Waals surface area contributed by atoms with Crippen LogP contribution >= 0.6 is 0 Å². The highest BCUT2D eigenvalue weighted by molar-refractivity contribution is 5.81. The molecule has 0 amide bonds. The maximum absolute atomic E-state index is 13.4. The van der Waals surface area contributed by atoms with Gasteiger partial charge in [-0.25, -0.2) is 9.18 Å². The Morgan fingerprint density at radius 2 is 2.00 bits per heavy atom. The van der Waals surface area contributed by atoms with E-state index in [1.807, 2.05) is 0 Å². The summed E-state index contributed by atoms with van der Waals surface area (Å²) < 4.78 is 18.3. The number of hydrogen-bond acceptors (Lipinski definition) is 3. The van der Waals surface area contributed by atoms with E-state index in [1.165, 1.54) is 0 Å². The van der Waals surface area contributed by atoms with Crippen molar-refractivity contribution in [3.8, 4) is 0 Å². The Kier molecular flexibility index (Phi) is 2.36. The van der Waals surface area contributed by atoms with Gasteiger partial charge in [-0.1, -0.05) is 0 Å². The molecule has 76 valence electrons. The van der Waals surface area contributed by atoms with E-state index in [0.29, 0.717) is 0 Å². The van der Waals surface area contributed by atoms with Gasteiger partial charge in [0.15, 0.2) is 0 Å². The van der Waals surface area contributed by atoms with Gasteiger partial charge in [-0.3, -0.25) is 0 Å². The van der Waals surface area contributed by atoms with Crippen LogP contribution in [0.5, 0.6) is 0 Å². The van der Waals surface area contributed by atoms with Crippen molar-refractivity contribution in [3.05, 3.63) is 0 Å². The number of aliphatic hydroxyl groups is 1. The lowest BCUT2D eigenvalue weighted by atomic mass is 9.79. The molecule has 0 radical (unpaired) electrons. The predicted octanol–water partition coefficient (Wildman–Crippen LogP) is 1.19. The van der Waals surface area contributed by atoms with Crippen LogP contribution in [-0.4, -0.2) is 28.4 Å². The molecule has 0 aliphatic heterocycles. The Labute approximate surface area is 76.9 Å². The highest BCUT2D eigenvalue weighted by Crippen LogP contribution is 2.38. The third kappa shape index (κ3) is 2.40. The minimum absolute atomic E-state index is 0.137. The van der Waals surface area contributed by atoms with Gasteiger partial charge in [0, 0.05) is 12.8 Å². The first-order valence-corrected chi connectivity index (χ1v) is 4.33. The standard InChI is InChI=1S/C9H15FO3/c1-8(2,3)13-7(12)9(10)4-6(11)5-9/h6,11H,4-5H2,1-3H3. The summed E-state index contributed by atoms with van der Waals surface area (Å²) in [4.78, 5) is 11.2. The van der Waals surface area contributed by atoms with Crippen molar-refractivity contribution < 1.29 is 19.0 Å². The second kappa shape index (κ2) is 2.94. The number of aliphatic hydroxyl groups excluding tert-OH is 1. The SMILES string of the molecule is CC(C)(C)OC(=O)C1(F)CC(O)C1. The summed E-state index contributed by atoms with van der Waals surface area (Å²) in [5.41, 5.74) is -2.62. The molecule has 1 aliphatic rings. The van der Waals surface area contributed by atoms with Gasteiger partial charge in [0.2, 0.25) is 5.67 Å². The molecule has 0 atom stereocenters. The summed E-state index contributed by atoms with van der Waals surface area (Å²) in [5.74, 6) is -0.856. The van der Waals surface area contributed by atoms with E-state index >= 15 is 0 Å². The topological polar surface area (TPSA) is 46.5 Å². The largest absolute Gasteiger partial charge is 0.458 e. The number of alkyl halides is 1. The molecule has 3 nitrogen and oxygen atoms in total. The van der Waals surface area contributed by atoms with Crippen molar-refractivity contribution in [1.82, 2.24) is 0 Å². The van der Waals surface area contributed by atoms with Crippen molar-refractivity contribution >= 4 is 5.97 Å². The first kappa shape index (κ1) is 10.4. The summed E-state index contributed by atoms with van der Waals surface area (Å²) in [5, 5.41) is 8.88.